The van der Waals surface area contributed by atoms with E-state index < -0.39 is 64.2 Å². The zero-order valence-corrected chi connectivity index (χ0v) is 19.1. The number of aromatic hydroxyl groups is 1. The zero-order chi connectivity index (χ0) is 24.6. The molecule has 0 heterocycles. The number of phenols is 1. The minimum atomic E-state index is -2.65. The number of hydrogen-bond acceptors (Lipinski definition) is 7. The maximum absolute atomic E-state index is 13.7. The normalized spacial score (nSPS) is 33.7. The standard InChI is InChI=1S/C25H29NO7/c1-9(2)12-5-6-15(27)18-13(12)7-11-8-14-16(10(3)4)20(28)19(24(26)32)23(31)25(14,33)22(30)17(11)21(18)29/h5-6,9-11,14,16-17,19,27,33H,7-8H2,1-4H3,(H2,26,32)/t11?,14-,16-,17?,19?,25-/m0/s1. The molecule has 8 heteroatoms. The summed E-state index contributed by atoms with van der Waals surface area (Å²) in [6, 6.07) is 3.18. The van der Waals surface area contributed by atoms with Crippen LogP contribution in [-0.4, -0.2) is 44.9 Å². The summed E-state index contributed by atoms with van der Waals surface area (Å²) < 4.78 is 0. The van der Waals surface area contributed by atoms with E-state index in [9.17, 15) is 34.2 Å². The molecule has 3 aliphatic carbocycles. The number of nitrogens with two attached hydrogens (primary N) is 1. The van der Waals surface area contributed by atoms with Gasteiger partial charge >= 0.3 is 0 Å². The van der Waals surface area contributed by atoms with Crippen molar-refractivity contribution >= 4 is 29.0 Å². The molecule has 0 saturated heterocycles. The van der Waals surface area contributed by atoms with Crippen molar-refractivity contribution in [2.24, 2.45) is 41.2 Å². The Bertz CT molecular complexity index is 1100. The van der Waals surface area contributed by atoms with Gasteiger partial charge in [-0.1, -0.05) is 33.8 Å². The van der Waals surface area contributed by atoms with Crippen molar-refractivity contribution < 1.29 is 34.2 Å². The smallest absolute Gasteiger partial charge is 0.235 e. The summed E-state index contributed by atoms with van der Waals surface area (Å²) in [7, 11) is 0. The van der Waals surface area contributed by atoms with Crippen LogP contribution in [0.2, 0.25) is 0 Å². The van der Waals surface area contributed by atoms with Crippen LogP contribution >= 0.6 is 0 Å². The number of ketones is 4. The van der Waals surface area contributed by atoms with Gasteiger partial charge in [-0.3, -0.25) is 24.0 Å². The van der Waals surface area contributed by atoms with Gasteiger partial charge in [0.25, 0.3) is 0 Å². The molecule has 3 unspecified atom stereocenters. The highest BCUT2D eigenvalue weighted by molar-refractivity contribution is 6.31. The molecule has 8 nitrogen and oxygen atoms in total. The molecule has 176 valence electrons. The van der Waals surface area contributed by atoms with Crippen molar-refractivity contribution in [3.05, 3.63) is 28.8 Å². The predicted octanol–water partition coefficient (Wildman–Crippen LogP) is 1.33. The molecule has 0 aromatic heterocycles. The van der Waals surface area contributed by atoms with Gasteiger partial charge in [0.05, 0.1) is 11.5 Å². The number of carbonyl (C=O) groups is 5. The highest BCUT2D eigenvalue weighted by Crippen LogP contribution is 2.53. The molecule has 0 bridgehead atoms. The minimum absolute atomic E-state index is 0.0454. The summed E-state index contributed by atoms with van der Waals surface area (Å²) in [5.41, 5.74) is 4.26. The summed E-state index contributed by atoms with van der Waals surface area (Å²) in [5.74, 6) is -11.1. The monoisotopic (exact) mass is 455 g/mol. The van der Waals surface area contributed by atoms with Crippen molar-refractivity contribution in [2.75, 3.05) is 0 Å². The average Bonchev–Trinajstić information content (AvgIpc) is 2.70. The molecule has 0 spiro atoms. The van der Waals surface area contributed by atoms with Gasteiger partial charge < -0.3 is 15.9 Å². The maximum atomic E-state index is 13.7. The Kier molecular flexibility index (Phi) is 5.35. The fourth-order valence-electron chi connectivity index (χ4n) is 6.42. The van der Waals surface area contributed by atoms with Crippen LogP contribution in [0.25, 0.3) is 0 Å². The molecule has 6 atom stereocenters. The number of amides is 1. The number of fused-ring (bicyclic) bond motifs is 3. The second-order valence-electron chi connectivity index (χ2n) is 10.3. The van der Waals surface area contributed by atoms with E-state index in [4.69, 9.17) is 5.73 Å². The van der Waals surface area contributed by atoms with E-state index in [0.717, 1.165) is 5.56 Å². The second-order valence-corrected chi connectivity index (χ2v) is 10.3. The Morgan fingerprint density at radius 1 is 1.09 bits per heavy atom. The summed E-state index contributed by atoms with van der Waals surface area (Å²) in [6.07, 6.45) is 0.398. The first kappa shape index (κ1) is 23.3. The molecular weight excluding hydrogens is 426 g/mol. The third-order valence-corrected chi connectivity index (χ3v) is 7.85. The minimum Gasteiger partial charge on any atom is -0.507 e. The topological polar surface area (TPSA) is 152 Å². The first-order valence-corrected chi connectivity index (χ1v) is 11.4. The molecule has 2 fully saturated rings. The van der Waals surface area contributed by atoms with Crippen LogP contribution in [-0.2, 0) is 25.6 Å². The van der Waals surface area contributed by atoms with Gasteiger partial charge in [-0.2, -0.15) is 0 Å². The Morgan fingerprint density at radius 2 is 1.73 bits per heavy atom. The Morgan fingerprint density at radius 3 is 2.27 bits per heavy atom. The van der Waals surface area contributed by atoms with Gasteiger partial charge in [0, 0.05) is 11.8 Å². The molecule has 3 aliphatic rings. The van der Waals surface area contributed by atoms with E-state index in [-0.39, 0.29) is 29.6 Å². The number of benzene rings is 1. The Balaban J connectivity index is 1.89. The molecule has 1 aromatic rings. The summed E-state index contributed by atoms with van der Waals surface area (Å²) in [5, 5.41) is 22.0. The highest BCUT2D eigenvalue weighted by Gasteiger charge is 2.69. The lowest BCUT2D eigenvalue weighted by atomic mass is 9.49. The van der Waals surface area contributed by atoms with E-state index in [1.165, 1.54) is 6.07 Å². The van der Waals surface area contributed by atoms with Gasteiger partial charge in [-0.15, -0.1) is 0 Å². The molecule has 4 N–H and O–H groups in total. The molecule has 2 saturated carbocycles. The average molecular weight is 456 g/mol. The van der Waals surface area contributed by atoms with Crippen LogP contribution in [0.15, 0.2) is 12.1 Å². The zero-order valence-electron chi connectivity index (χ0n) is 19.1. The molecule has 4 rings (SSSR count). The molecule has 0 aliphatic heterocycles. The summed E-state index contributed by atoms with van der Waals surface area (Å²) in [4.78, 5) is 65.5. The van der Waals surface area contributed by atoms with Crippen LogP contribution < -0.4 is 5.73 Å². The molecular formula is C25H29NO7. The summed E-state index contributed by atoms with van der Waals surface area (Å²) in [6.45, 7) is 7.38. The van der Waals surface area contributed by atoms with Crippen LogP contribution in [0.3, 0.4) is 0 Å². The SMILES string of the molecule is CC(C)c1ccc(O)c2c1CC1C[C@H]3[C@H](C(C)C)C(=O)C(C(N)=O)C(=O)[C@@]3(O)C(=O)C1C2=O. The number of aliphatic hydroxyl groups is 1. The number of rotatable bonds is 3. The fourth-order valence-corrected chi connectivity index (χ4v) is 6.42. The third kappa shape index (κ3) is 3.03. The quantitative estimate of drug-likeness (QED) is 0.582. The molecule has 33 heavy (non-hydrogen) atoms. The molecule has 1 amide bonds. The van der Waals surface area contributed by atoms with Crippen LogP contribution in [0.4, 0.5) is 0 Å². The van der Waals surface area contributed by atoms with Gasteiger partial charge in [-0.05, 0) is 47.8 Å². The van der Waals surface area contributed by atoms with Gasteiger partial charge in [0.1, 0.15) is 5.75 Å². The van der Waals surface area contributed by atoms with Crippen molar-refractivity contribution in [3.8, 4) is 5.75 Å². The lowest BCUT2D eigenvalue weighted by Crippen LogP contribution is -2.71. The highest BCUT2D eigenvalue weighted by atomic mass is 16.3. The largest absolute Gasteiger partial charge is 0.507 e. The van der Waals surface area contributed by atoms with Crippen molar-refractivity contribution in [1.82, 2.24) is 0 Å². The van der Waals surface area contributed by atoms with Crippen molar-refractivity contribution in [3.63, 3.8) is 0 Å². The van der Waals surface area contributed by atoms with Crippen molar-refractivity contribution in [2.45, 2.75) is 52.1 Å². The van der Waals surface area contributed by atoms with E-state index in [2.05, 4.69) is 0 Å². The molecule has 0 radical (unpaired) electrons. The summed E-state index contributed by atoms with van der Waals surface area (Å²) >= 11 is 0. The van der Waals surface area contributed by atoms with Gasteiger partial charge in [0.15, 0.2) is 34.7 Å². The van der Waals surface area contributed by atoms with Crippen LogP contribution in [0.1, 0.15) is 61.5 Å². The Hall–Kier alpha value is -2.87. The third-order valence-electron chi connectivity index (χ3n) is 7.85. The lowest BCUT2D eigenvalue weighted by molar-refractivity contribution is -0.182. The number of primary amides is 1. The molecule has 1 aromatic carbocycles. The first-order valence-electron chi connectivity index (χ1n) is 11.4. The van der Waals surface area contributed by atoms with E-state index in [1.807, 2.05) is 13.8 Å². The maximum Gasteiger partial charge on any atom is 0.235 e. The number of Topliss-reactive ketones (excluding diaryl/α,β-unsaturated/α-hetero) is 4. The number of phenolic OH excluding ortho intramolecular Hbond substituents is 1. The second kappa shape index (κ2) is 7.58. The van der Waals surface area contributed by atoms with Crippen LogP contribution in [0, 0.1) is 35.5 Å². The fraction of sp³-hybridized carbons (Fsp3) is 0.560. The van der Waals surface area contributed by atoms with Gasteiger partial charge in [-0.25, -0.2) is 0 Å². The predicted molar refractivity (Wildman–Crippen MR) is 116 cm³/mol. The number of carbonyl (C=O) groups excluding carboxylic acids is 5. The van der Waals surface area contributed by atoms with E-state index in [0.29, 0.717) is 12.0 Å². The number of hydrogen-bond donors (Lipinski definition) is 3. The lowest BCUT2D eigenvalue weighted by Gasteiger charge is -2.52. The van der Waals surface area contributed by atoms with E-state index in [1.54, 1.807) is 19.9 Å². The van der Waals surface area contributed by atoms with Crippen molar-refractivity contribution in [1.29, 1.82) is 0 Å². The van der Waals surface area contributed by atoms with Gasteiger partial charge in [0.2, 0.25) is 5.91 Å². The van der Waals surface area contributed by atoms with E-state index >= 15 is 0 Å². The first-order chi connectivity index (χ1) is 15.3. The Labute approximate surface area is 191 Å². The van der Waals surface area contributed by atoms with Crippen LogP contribution in [0.5, 0.6) is 5.75 Å².